The molecule has 21 heavy (non-hydrogen) atoms. The number of sulfonamides is 1. The summed E-state index contributed by atoms with van der Waals surface area (Å²) in [6, 6.07) is 2.20. The molecule has 0 saturated carbocycles. The monoisotopic (exact) mass is 349 g/mol. The van der Waals surface area contributed by atoms with E-state index < -0.39 is 20.7 Å². The molecule has 1 heterocycles. The van der Waals surface area contributed by atoms with Gasteiger partial charge < -0.3 is 5.73 Å². The third-order valence-corrected chi connectivity index (χ3v) is 5.46. The van der Waals surface area contributed by atoms with Crippen molar-refractivity contribution >= 4 is 38.6 Å². The highest BCUT2D eigenvalue weighted by atomic mass is 35.5. The van der Waals surface area contributed by atoms with Gasteiger partial charge in [-0.2, -0.15) is 0 Å². The maximum atomic E-state index is 13.9. The van der Waals surface area contributed by atoms with Crippen LogP contribution in [0.15, 0.2) is 28.6 Å². The minimum Gasteiger partial charge on any atom is -0.399 e. The lowest BCUT2D eigenvalue weighted by Crippen LogP contribution is -2.28. The number of nitrogen functional groups attached to an aromatic ring is 1. The van der Waals surface area contributed by atoms with E-state index in [-0.39, 0.29) is 23.2 Å². The first-order valence-electron chi connectivity index (χ1n) is 5.95. The van der Waals surface area contributed by atoms with Gasteiger partial charge in [-0.1, -0.05) is 18.5 Å². The van der Waals surface area contributed by atoms with Gasteiger partial charge in [0.15, 0.2) is 5.82 Å². The zero-order valence-corrected chi connectivity index (χ0v) is 13.4. The molecular formula is C12H13ClFN3O2S2. The largest absolute Gasteiger partial charge is 0.399 e. The van der Waals surface area contributed by atoms with Crippen molar-refractivity contribution in [2.24, 2.45) is 0 Å². The third-order valence-electron chi connectivity index (χ3n) is 2.76. The molecule has 1 aromatic heterocycles. The number of aromatic nitrogens is 1. The van der Waals surface area contributed by atoms with Gasteiger partial charge in [-0.3, -0.25) is 0 Å². The molecule has 0 amide bonds. The van der Waals surface area contributed by atoms with Crippen LogP contribution < -0.4 is 10.5 Å². The Morgan fingerprint density at radius 3 is 2.86 bits per heavy atom. The van der Waals surface area contributed by atoms with Gasteiger partial charge in [-0.05, 0) is 12.1 Å². The minimum atomic E-state index is -4.03. The smallest absolute Gasteiger partial charge is 0.243 e. The second-order valence-electron chi connectivity index (χ2n) is 4.44. The van der Waals surface area contributed by atoms with Crippen molar-refractivity contribution in [2.45, 2.75) is 17.7 Å². The van der Waals surface area contributed by atoms with Gasteiger partial charge in [0.05, 0.1) is 10.0 Å². The normalized spacial score (nSPS) is 13.3. The first-order chi connectivity index (χ1) is 9.81. The van der Waals surface area contributed by atoms with Crippen molar-refractivity contribution in [3.05, 3.63) is 39.6 Å². The summed E-state index contributed by atoms with van der Waals surface area (Å²) in [5.41, 5.74) is 5.58. The van der Waals surface area contributed by atoms with E-state index in [9.17, 15) is 12.8 Å². The van der Waals surface area contributed by atoms with Crippen molar-refractivity contribution in [1.82, 2.24) is 9.71 Å². The van der Waals surface area contributed by atoms with E-state index in [1.165, 1.54) is 11.3 Å². The molecule has 1 atom stereocenters. The summed E-state index contributed by atoms with van der Waals surface area (Å²) in [7, 11) is -4.03. The fourth-order valence-electron chi connectivity index (χ4n) is 1.66. The molecule has 0 aliphatic heterocycles. The van der Waals surface area contributed by atoms with Gasteiger partial charge in [-0.25, -0.2) is 22.5 Å². The number of thiazole rings is 1. The van der Waals surface area contributed by atoms with Crippen LogP contribution in [0.1, 0.15) is 17.8 Å². The van der Waals surface area contributed by atoms with Crippen LogP contribution in [0.25, 0.3) is 0 Å². The Balaban J connectivity index is 2.19. The van der Waals surface area contributed by atoms with Gasteiger partial charge in [-0.15, -0.1) is 11.3 Å². The number of rotatable bonds is 5. The molecule has 0 radical (unpaired) electrons. The summed E-state index contributed by atoms with van der Waals surface area (Å²) in [5.74, 6) is -1.14. The van der Waals surface area contributed by atoms with Crippen molar-refractivity contribution < 1.29 is 12.8 Å². The number of nitrogens with two attached hydrogens (primary N) is 1. The first kappa shape index (κ1) is 16.2. The van der Waals surface area contributed by atoms with Gasteiger partial charge in [0.1, 0.15) is 4.90 Å². The number of hydrogen-bond acceptors (Lipinski definition) is 5. The number of anilines is 1. The van der Waals surface area contributed by atoms with E-state index in [0.29, 0.717) is 0 Å². The van der Waals surface area contributed by atoms with E-state index in [1.54, 1.807) is 11.6 Å². The molecule has 0 aliphatic carbocycles. The zero-order valence-electron chi connectivity index (χ0n) is 11.0. The van der Waals surface area contributed by atoms with Crippen LogP contribution in [-0.4, -0.2) is 19.9 Å². The summed E-state index contributed by atoms with van der Waals surface area (Å²) in [4.78, 5) is 3.55. The Bertz CT molecular complexity index is 735. The van der Waals surface area contributed by atoms with E-state index in [2.05, 4.69) is 9.71 Å². The summed E-state index contributed by atoms with van der Waals surface area (Å²) in [6.07, 6.45) is 1.64. The van der Waals surface area contributed by atoms with E-state index in [0.717, 1.165) is 17.1 Å². The third kappa shape index (κ3) is 3.70. The Labute approximate surface area is 131 Å². The van der Waals surface area contributed by atoms with Crippen LogP contribution in [0.3, 0.4) is 0 Å². The number of nitrogens with zero attached hydrogens (tertiary/aromatic N) is 1. The summed E-state index contributed by atoms with van der Waals surface area (Å²) in [6.45, 7) is 1.92. The number of hydrogen-bond donors (Lipinski definition) is 2. The van der Waals surface area contributed by atoms with Gasteiger partial charge in [0.2, 0.25) is 10.0 Å². The molecule has 1 aromatic carbocycles. The van der Waals surface area contributed by atoms with Crippen molar-refractivity contribution in [1.29, 1.82) is 0 Å². The Morgan fingerprint density at radius 1 is 1.52 bits per heavy atom. The highest BCUT2D eigenvalue weighted by Crippen LogP contribution is 2.26. The van der Waals surface area contributed by atoms with Crippen LogP contribution in [0.2, 0.25) is 5.02 Å². The standard InChI is InChI=1S/C12H13ClFN3O2S2/c1-7(12-16-2-3-20-12)6-17-21(18,19)10-5-8(15)4-9(13)11(10)14/h2-5,7,17H,6,15H2,1H3. The second kappa shape index (κ2) is 6.27. The van der Waals surface area contributed by atoms with Crippen LogP contribution in [0.4, 0.5) is 10.1 Å². The van der Waals surface area contributed by atoms with Crippen molar-refractivity contribution in [3.8, 4) is 0 Å². The molecule has 3 N–H and O–H groups in total. The molecule has 0 bridgehead atoms. The Morgan fingerprint density at radius 2 is 2.24 bits per heavy atom. The second-order valence-corrected chi connectivity index (χ2v) is 7.51. The quantitative estimate of drug-likeness (QED) is 0.812. The minimum absolute atomic E-state index is 0.0785. The number of nitrogens with one attached hydrogen (secondary N) is 1. The molecule has 2 rings (SSSR count). The first-order valence-corrected chi connectivity index (χ1v) is 8.69. The van der Waals surface area contributed by atoms with Gasteiger partial charge in [0.25, 0.3) is 0 Å². The predicted molar refractivity (Wildman–Crippen MR) is 81.5 cm³/mol. The molecular weight excluding hydrogens is 337 g/mol. The maximum absolute atomic E-state index is 13.9. The van der Waals surface area contributed by atoms with E-state index >= 15 is 0 Å². The van der Waals surface area contributed by atoms with Crippen LogP contribution in [0, 0.1) is 5.82 Å². The highest BCUT2D eigenvalue weighted by Gasteiger charge is 2.23. The molecule has 114 valence electrons. The van der Waals surface area contributed by atoms with Crippen LogP contribution >= 0.6 is 22.9 Å². The lowest BCUT2D eigenvalue weighted by Gasteiger charge is -2.12. The SMILES string of the molecule is CC(CNS(=O)(=O)c1cc(N)cc(Cl)c1F)c1nccs1. The average molecular weight is 350 g/mol. The summed E-state index contributed by atoms with van der Waals surface area (Å²) in [5, 5.41) is 2.27. The number of halogens is 2. The Kier molecular flexibility index (Phi) is 4.82. The van der Waals surface area contributed by atoms with Crippen LogP contribution in [0.5, 0.6) is 0 Å². The summed E-state index contributed by atoms with van der Waals surface area (Å²) >= 11 is 7.04. The molecule has 5 nitrogen and oxygen atoms in total. The maximum Gasteiger partial charge on any atom is 0.243 e. The van der Waals surface area contributed by atoms with Crippen molar-refractivity contribution in [3.63, 3.8) is 0 Å². The highest BCUT2D eigenvalue weighted by molar-refractivity contribution is 7.89. The van der Waals surface area contributed by atoms with Crippen LogP contribution in [-0.2, 0) is 10.0 Å². The topological polar surface area (TPSA) is 85.1 Å². The van der Waals surface area contributed by atoms with E-state index in [4.69, 9.17) is 17.3 Å². The molecule has 1 unspecified atom stereocenters. The molecule has 0 aliphatic rings. The van der Waals surface area contributed by atoms with Gasteiger partial charge in [0, 0.05) is 29.7 Å². The molecule has 0 saturated heterocycles. The molecule has 2 aromatic rings. The predicted octanol–water partition coefficient (Wildman–Crippen LogP) is 2.60. The molecule has 0 spiro atoms. The van der Waals surface area contributed by atoms with Gasteiger partial charge >= 0.3 is 0 Å². The van der Waals surface area contributed by atoms with Crippen molar-refractivity contribution in [2.75, 3.05) is 12.3 Å². The molecule has 0 fully saturated rings. The fraction of sp³-hybridized carbons (Fsp3) is 0.250. The summed E-state index contributed by atoms with van der Waals surface area (Å²) < 4.78 is 40.5. The zero-order chi connectivity index (χ0) is 15.6. The van der Waals surface area contributed by atoms with E-state index in [1.807, 2.05) is 6.92 Å². The Hall–Kier alpha value is -1.22. The fourth-order valence-corrected chi connectivity index (χ4v) is 3.90. The lowest BCUT2D eigenvalue weighted by molar-refractivity contribution is 0.553. The molecule has 9 heteroatoms. The number of benzene rings is 1. The average Bonchev–Trinajstić information content (AvgIpc) is 2.94. The lowest BCUT2D eigenvalue weighted by atomic mass is 10.2.